The van der Waals surface area contributed by atoms with Crippen molar-refractivity contribution in [2.45, 2.75) is 25.7 Å². The summed E-state index contributed by atoms with van der Waals surface area (Å²) in [6, 6.07) is 14.3. The predicted molar refractivity (Wildman–Crippen MR) is 116 cm³/mol. The van der Waals surface area contributed by atoms with Crippen molar-refractivity contribution in [1.29, 1.82) is 0 Å². The lowest BCUT2D eigenvalue weighted by molar-refractivity contribution is -0.140. The molecule has 0 saturated heterocycles. The molecule has 2 aromatic carbocycles. The molecule has 3 N–H and O–H groups in total. The van der Waals surface area contributed by atoms with Crippen LogP contribution in [0.25, 0.3) is 0 Å². The summed E-state index contributed by atoms with van der Waals surface area (Å²) in [5, 5.41) is 8.37. The first-order valence-electron chi connectivity index (χ1n) is 9.23. The average Bonchev–Trinajstić information content (AvgIpc) is 2.72. The molecule has 8 heteroatoms. The van der Waals surface area contributed by atoms with E-state index in [9.17, 15) is 14.4 Å². The van der Waals surface area contributed by atoms with Gasteiger partial charge in [0.1, 0.15) is 0 Å². The van der Waals surface area contributed by atoms with Crippen molar-refractivity contribution >= 4 is 45.2 Å². The van der Waals surface area contributed by atoms with Crippen LogP contribution in [0.15, 0.2) is 53.0 Å². The molecule has 0 unspecified atom stereocenters. The number of rotatable bonds is 9. The van der Waals surface area contributed by atoms with Gasteiger partial charge >= 0.3 is 12.0 Å². The van der Waals surface area contributed by atoms with E-state index in [4.69, 9.17) is 0 Å². The van der Waals surface area contributed by atoms with E-state index in [0.717, 1.165) is 10.0 Å². The second-order valence-electron chi connectivity index (χ2n) is 6.27. The zero-order chi connectivity index (χ0) is 21.1. The minimum atomic E-state index is -0.355. The molecule has 0 atom stereocenters. The van der Waals surface area contributed by atoms with Crippen molar-refractivity contribution in [3.05, 3.63) is 58.6 Å². The number of carbonyl (C=O) groups excluding carboxylic acids is 3. The monoisotopic (exact) mass is 461 g/mol. The first-order valence-corrected chi connectivity index (χ1v) is 10.0. The van der Waals surface area contributed by atoms with Crippen molar-refractivity contribution < 1.29 is 19.1 Å². The molecule has 0 saturated carbocycles. The minimum Gasteiger partial charge on any atom is -0.469 e. The Bertz CT molecular complexity index is 840. The van der Waals surface area contributed by atoms with Crippen molar-refractivity contribution in [2.75, 3.05) is 24.3 Å². The van der Waals surface area contributed by atoms with Gasteiger partial charge in [0.2, 0.25) is 5.91 Å². The summed E-state index contributed by atoms with van der Waals surface area (Å²) in [5.74, 6) is -0.398. The van der Waals surface area contributed by atoms with E-state index in [0.29, 0.717) is 30.8 Å². The van der Waals surface area contributed by atoms with E-state index < -0.39 is 0 Å². The second kappa shape index (κ2) is 11.9. The number of amides is 3. The van der Waals surface area contributed by atoms with Crippen LogP contribution in [0.3, 0.4) is 0 Å². The highest BCUT2D eigenvalue weighted by Gasteiger charge is 2.09. The number of benzene rings is 2. The Morgan fingerprint density at radius 3 is 2.41 bits per heavy atom. The molecule has 0 heterocycles. The summed E-state index contributed by atoms with van der Waals surface area (Å²) in [5.41, 5.74) is 2.19. The molecular weight excluding hydrogens is 438 g/mol. The largest absolute Gasteiger partial charge is 0.469 e. The molecule has 3 amide bonds. The fourth-order valence-electron chi connectivity index (χ4n) is 2.58. The summed E-state index contributed by atoms with van der Waals surface area (Å²) in [7, 11) is 1.34. The van der Waals surface area contributed by atoms with E-state index >= 15 is 0 Å². The molecule has 0 aromatic heterocycles. The first-order chi connectivity index (χ1) is 14.0. The standard InChI is InChI=1S/C21H24BrN3O4/c1-29-20(27)7-4-14-23-19(26)13-8-15-5-2-3-6-18(15)25-21(28)24-17-11-9-16(22)10-12-17/h2-3,5-6,9-12H,4,7-8,13-14H2,1H3,(H,23,26)(H2,24,25,28). The van der Waals surface area contributed by atoms with Crippen LogP contribution in [-0.4, -0.2) is 31.6 Å². The topological polar surface area (TPSA) is 96.5 Å². The van der Waals surface area contributed by atoms with E-state index in [-0.39, 0.29) is 30.7 Å². The summed E-state index contributed by atoms with van der Waals surface area (Å²) in [6.07, 6.45) is 1.58. The Morgan fingerprint density at radius 2 is 1.69 bits per heavy atom. The molecule has 2 rings (SSSR count). The number of nitrogens with one attached hydrogen (secondary N) is 3. The highest BCUT2D eigenvalue weighted by molar-refractivity contribution is 9.10. The Labute approximate surface area is 178 Å². The maximum atomic E-state index is 12.3. The van der Waals surface area contributed by atoms with Crippen LogP contribution in [0, 0.1) is 0 Å². The van der Waals surface area contributed by atoms with Gasteiger partial charge in [0, 0.05) is 35.2 Å². The van der Waals surface area contributed by atoms with Crippen LogP contribution in [0.1, 0.15) is 24.8 Å². The van der Waals surface area contributed by atoms with Crippen LogP contribution >= 0.6 is 15.9 Å². The molecule has 0 aliphatic carbocycles. The number of urea groups is 1. The third-order valence-electron chi connectivity index (χ3n) is 4.10. The maximum Gasteiger partial charge on any atom is 0.323 e. The lowest BCUT2D eigenvalue weighted by Gasteiger charge is -2.12. The maximum absolute atomic E-state index is 12.3. The minimum absolute atomic E-state index is 0.107. The molecule has 0 aliphatic rings. The molecule has 0 spiro atoms. The quantitative estimate of drug-likeness (QED) is 0.386. The smallest absolute Gasteiger partial charge is 0.323 e. The van der Waals surface area contributed by atoms with Gasteiger partial charge in [-0.3, -0.25) is 9.59 Å². The van der Waals surface area contributed by atoms with Crippen LogP contribution in [0.4, 0.5) is 16.2 Å². The van der Waals surface area contributed by atoms with Gasteiger partial charge in [-0.05, 0) is 48.7 Å². The molecule has 29 heavy (non-hydrogen) atoms. The summed E-state index contributed by atoms with van der Waals surface area (Å²) in [6.45, 7) is 0.420. The highest BCUT2D eigenvalue weighted by Crippen LogP contribution is 2.18. The van der Waals surface area contributed by atoms with Crippen LogP contribution in [0.2, 0.25) is 0 Å². The molecular formula is C21H24BrN3O4. The number of aryl methyl sites for hydroxylation is 1. The first kappa shape index (κ1) is 22.4. The third-order valence-corrected chi connectivity index (χ3v) is 4.63. The van der Waals surface area contributed by atoms with E-state index in [1.54, 1.807) is 18.2 Å². The van der Waals surface area contributed by atoms with Crippen LogP contribution in [-0.2, 0) is 20.7 Å². The fourth-order valence-corrected chi connectivity index (χ4v) is 2.84. The Hall–Kier alpha value is -2.87. The number of carbonyl (C=O) groups is 3. The van der Waals surface area contributed by atoms with Crippen molar-refractivity contribution in [3.63, 3.8) is 0 Å². The molecule has 2 aromatic rings. The number of para-hydroxylation sites is 1. The van der Waals surface area contributed by atoms with Crippen molar-refractivity contribution in [1.82, 2.24) is 5.32 Å². The SMILES string of the molecule is COC(=O)CCCNC(=O)CCc1ccccc1NC(=O)Nc1ccc(Br)cc1. The van der Waals surface area contributed by atoms with Gasteiger partial charge in [-0.1, -0.05) is 34.1 Å². The van der Waals surface area contributed by atoms with Gasteiger partial charge in [-0.15, -0.1) is 0 Å². The van der Waals surface area contributed by atoms with Gasteiger partial charge < -0.3 is 20.7 Å². The van der Waals surface area contributed by atoms with Crippen molar-refractivity contribution in [3.8, 4) is 0 Å². The summed E-state index contributed by atoms with van der Waals surface area (Å²) < 4.78 is 5.48. The molecule has 0 radical (unpaired) electrons. The molecule has 0 fully saturated rings. The molecule has 0 aliphatic heterocycles. The second-order valence-corrected chi connectivity index (χ2v) is 7.19. The van der Waals surface area contributed by atoms with Gasteiger partial charge in [0.15, 0.2) is 0 Å². The van der Waals surface area contributed by atoms with E-state index in [2.05, 4.69) is 36.6 Å². The van der Waals surface area contributed by atoms with Gasteiger partial charge in [-0.2, -0.15) is 0 Å². The molecule has 154 valence electrons. The van der Waals surface area contributed by atoms with Crippen LogP contribution in [0.5, 0.6) is 0 Å². The van der Waals surface area contributed by atoms with Crippen molar-refractivity contribution in [2.24, 2.45) is 0 Å². The third kappa shape index (κ3) is 8.35. The number of halogens is 1. The van der Waals surface area contributed by atoms with Gasteiger partial charge in [0.25, 0.3) is 0 Å². The molecule has 0 bridgehead atoms. The van der Waals surface area contributed by atoms with Gasteiger partial charge in [-0.25, -0.2) is 4.79 Å². The Morgan fingerprint density at radius 1 is 0.966 bits per heavy atom. The average molecular weight is 462 g/mol. The number of anilines is 2. The van der Waals surface area contributed by atoms with Gasteiger partial charge in [0.05, 0.1) is 7.11 Å². The normalized spacial score (nSPS) is 10.1. The number of esters is 1. The fraction of sp³-hybridized carbons (Fsp3) is 0.286. The lowest BCUT2D eigenvalue weighted by atomic mass is 10.1. The predicted octanol–water partition coefficient (Wildman–Crippen LogP) is 4.10. The Balaban J connectivity index is 1.81. The summed E-state index contributed by atoms with van der Waals surface area (Å²) in [4.78, 5) is 35.3. The summed E-state index contributed by atoms with van der Waals surface area (Å²) >= 11 is 3.35. The Kier molecular flexibility index (Phi) is 9.17. The molecule has 7 nitrogen and oxygen atoms in total. The lowest BCUT2D eigenvalue weighted by Crippen LogP contribution is -2.25. The number of ether oxygens (including phenoxy) is 1. The number of hydrogen-bond acceptors (Lipinski definition) is 4. The number of hydrogen-bond donors (Lipinski definition) is 3. The zero-order valence-electron chi connectivity index (χ0n) is 16.2. The van der Waals surface area contributed by atoms with E-state index in [1.165, 1.54) is 7.11 Å². The highest BCUT2D eigenvalue weighted by atomic mass is 79.9. The van der Waals surface area contributed by atoms with Crippen LogP contribution < -0.4 is 16.0 Å². The zero-order valence-corrected chi connectivity index (χ0v) is 17.8. The van der Waals surface area contributed by atoms with E-state index in [1.807, 2.05) is 30.3 Å². The number of methoxy groups -OCH3 is 1.